The third-order valence-electron chi connectivity index (χ3n) is 3.77. The number of carbonyl (C=O) groups excluding carboxylic acids is 1. The number of carbonyl (C=O) groups is 1. The largest absolute Gasteiger partial charge is 0.493 e. The van der Waals surface area contributed by atoms with Crippen LogP contribution in [-0.2, 0) is 11.2 Å². The molecule has 2 rings (SSSR count). The highest BCUT2D eigenvalue weighted by Gasteiger charge is 2.13. The molecule has 1 aromatic carbocycles. The highest BCUT2D eigenvalue weighted by Crippen LogP contribution is 2.31. The fraction of sp³-hybridized carbons (Fsp3) is 0.389. The molecule has 1 amide bonds. The summed E-state index contributed by atoms with van der Waals surface area (Å²) in [4.78, 5) is 15.4. The first-order valence-corrected chi connectivity index (χ1v) is 8.54. The Morgan fingerprint density at radius 2 is 1.91 bits per heavy atom. The number of hydrogen-bond acceptors (Lipinski definition) is 4. The first-order valence-electron chi connectivity index (χ1n) is 7.66. The monoisotopic (exact) mass is 333 g/mol. The molecule has 0 saturated heterocycles. The minimum atomic E-state index is 0.114. The third-order valence-corrected chi connectivity index (χ3v) is 4.71. The molecule has 0 aliphatic carbocycles. The number of thiophene rings is 1. The number of benzene rings is 1. The van der Waals surface area contributed by atoms with Crippen LogP contribution in [0.15, 0.2) is 35.7 Å². The first kappa shape index (κ1) is 17.3. The highest BCUT2D eigenvalue weighted by atomic mass is 32.1. The van der Waals surface area contributed by atoms with Gasteiger partial charge in [-0.1, -0.05) is 6.07 Å². The molecule has 0 bridgehead atoms. The number of ether oxygens (including phenoxy) is 2. The average Bonchev–Trinajstić information content (AvgIpc) is 3.10. The molecule has 0 fully saturated rings. The molecular formula is C18H23NO3S. The second-order valence-corrected chi connectivity index (χ2v) is 6.31. The van der Waals surface area contributed by atoms with Crippen molar-refractivity contribution in [2.24, 2.45) is 0 Å². The van der Waals surface area contributed by atoms with Crippen molar-refractivity contribution in [2.75, 3.05) is 26.2 Å². The van der Waals surface area contributed by atoms with E-state index in [9.17, 15) is 4.79 Å². The van der Waals surface area contributed by atoms with E-state index in [0.29, 0.717) is 17.9 Å². The average molecular weight is 333 g/mol. The zero-order valence-corrected chi connectivity index (χ0v) is 14.7. The molecule has 0 saturated carbocycles. The smallest absolute Gasteiger partial charge is 0.226 e. The summed E-state index contributed by atoms with van der Waals surface area (Å²) in [7, 11) is 4.98. The Balaban J connectivity index is 1.86. The van der Waals surface area contributed by atoms with E-state index in [1.165, 1.54) is 4.88 Å². The Morgan fingerprint density at radius 1 is 1.13 bits per heavy atom. The molecule has 124 valence electrons. The maximum absolute atomic E-state index is 12.3. The Kier molecular flexibility index (Phi) is 6.47. The molecule has 23 heavy (non-hydrogen) atoms. The number of aryl methyl sites for hydroxylation is 1. The number of amides is 1. The Morgan fingerprint density at radius 3 is 2.57 bits per heavy atom. The minimum Gasteiger partial charge on any atom is -0.493 e. The number of unbranched alkanes of at least 4 members (excludes halogenated alkanes) is 1. The number of methoxy groups -OCH3 is 2. The van der Waals surface area contributed by atoms with Crippen LogP contribution >= 0.6 is 11.3 Å². The van der Waals surface area contributed by atoms with Crippen molar-refractivity contribution in [1.82, 2.24) is 0 Å². The first-order chi connectivity index (χ1) is 11.2. The van der Waals surface area contributed by atoms with Crippen molar-refractivity contribution in [2.45, 2.75) is 25.7 Å². The Labute approximate surface area is 141 Å². The van der Waals surface area contributed by atoms with Crippen molar-refractivity contribution < 1.29 is 14.3 Å². The summed E-state index contributed by atoms with van der Waals surface area (Å²) in [6, 6.07) is 9.71. The molecule has 0 spiro atoms. The van der Waals surface area contributed by atoms with E-state index in [1.54, 1.807) is 37.5 Å². The Hall–Kier alpha value is -2.01. The van der Waals surface area contributed by atoms with Crippen molar-refractivity contribution >= 4 is 22.9 Å². The fourth-order valence-electron chi connectivity index (χ4n) is 2.38. The van der Waals surface area contributed by atoms with Crippen molar-refractivity contribution in [3.8, 4) is 11.5 Å². The normalized spacial score (nSPS) is 10.4. The fourth-order valence-corrected chi connectivity index (χ4v) is 3.13. The predicted octanol–water partition coefficient (Wildman–Crippen LogP) is 4.14. The molecule has 1 heterocycles. The van der Waals surface area contributed by atoms with Crippen LogP contribution in [-0.4, -0.2) is 27.2 Å². The predicted molar refractivity (Wildman–Crippen MR) is 94.8 cm³/mol. The van der Waals surface area contributed by atoms with E-state index < -0.39 is 0 Å². The van der Waals surface area contributed by atoms with Gasteiger partial charge < -0.3 is 14.4 Å². The molecule has 4 nitrogen and oxygen atoms in total. The summed E-state index contributed by atoms with van der Waals surface area (Å²) in [5, 5.41) is 2.09. The molecule has 5 heteroatoms. The molecule has 0 unspecified atom stereocenters. The van der Waals surface area contributed by atoms with Gasteiger partial charge in [0.05, 0.1) is 14.2 Å². The van der Waals surface area contributed by atoms with Gasteiger partial charge in [0.25, 0.3) is 0 Å². The lowest BCUT2D eigenvalue weighted by molar-refractivity contribution is -0.118. The minimum absolute atomic E-state index is 0.114. The van der Waals surface area contributed by atoms with Gasteiger partial charge in [-0.15, -0.1) is 11.3 Å². The second kappa shape index (κ2) is 8.58. The van der Waals surface area contributed by atoms with Gasteiger partial charge in [0.15, 0.2) is 11.5 Å². The molecule has 0 N–H and O–H groups in total. The van der Waals surface area contributed by atoms with E-state index in [1.807, 2.05) is 18.2 Å². The maximum Gasteiger partial charge on any atom is 0.226 e. The van der Waals surface area contributed by atoms with Gasteiger partial charge >= 0.3 is 0 Å². The van der Waals surface area contributed by atoms with E-state index in [-0.39, 0.29) is 5.91 Å². The van der Waals surface area contributed by atoms with Gasteiger partial charge in [-0.2, -0.15) is 0 Å². The van der Waals surface area contributed by atoms with Gasteiger partial charge in [-0.25, -0.2) is 0 Å². The van der Waals surface area contributed by atoms with Gasteiger partial charge in [0, 0.05) is 30.1 Å². The quantitative estimate of drug-likeness (QED) is 0.682. The summed E-state index contributed by atoms with van der Waals surface area (Å²) in [5.41, 5.74) is 0.811. The molecular weight excluding hydrogens is 310 g/mol. The van der Waals surface area contributed by atoms with Crippen LogP contribution < -0.4 is 14.4 Å². The van der Waals surface area contributed by atoms with Crippen molar-refractivity contribution in [3.63, 3.8) is 0 Å². The molecule has 2 aromatic rings. The Bertz CT molecular complexity index is 625. The highest BCUT2D eigenvalue weighted by molar-refractivity contribution is 7.09. The lowest BCUT2D eigenvalue weighted by Crippen LogP contribution is -2.25. The summed E-state index contributed by atoms with van der Waals surface area (Å²) >= 11 is 1.77. The van der Waals surface area contributed by atoms with Gasteiger partial charge in [-0.05, 0) is 42.8 Å². The summed E-state index contributed by atoms with van der Waals surface area (Å²) < 4.78 is 10.5. The topological polar surface area (TPSA) is 38.8 Å². The number of rotatable bonds is 8. The summed E-state index contributed by atoms with van der Waals surface area (Å²) in [5.74, 6) is 1.40. The van der Waals surface area contributed by atoms with Crippen LogP contribution in [0.3, 0.4) is 0 Å². The van der Waals surface area contributed by atoms with Gasteiger partial charge in [-0.3, -0.25) is 4.79 Å². The van der Waals surface area contributed by atoms with Crippen molar-refractivity contribution in [1.29, 1.82) is 0 Å². The zero-order chi connectivity index (χ0) is 16.7. The molecule has 0 aliphatic heterocycles. The number of nitrogens with zero attached hydrogens (tertiary/aromatic N) is 1. The summed E-state index contributed by atoms with van der Waals surface area (Å²) in [6.07, 6.45) is 3.53. The zero-order valence-electron chi connectivity index (χ0n) is 13.9. The SMILES string of the molecule is COc1ccc(N(C)C(=O)CCCCc2cccs2)cc1OC. The van der Waals surface area contributed by atoms with Crippen LogP contribution in [0, 0.1) is 0 Å². The second-order valence-electron chi connectivity index (χ2n) is 5.28. The third kappa shape index (κ3) is 4.73. The standard InChI is InChI=1S/C18H23NO3S/c1-19(14-10-11-16(21-2)17(13-14)22-3)18(20)9-5-4-7-15-8-6-12-23-15/h6,8,10-13H,4-5,7,9H2,1-3H3. The van der Waals surface area contributed by atoms with Crippen molar-refractivity contribution in [3.05, 3.63) is 40.6 Å². The van der Waals surface area contributed by atoms with E-state index in [2.05, 4.69) is 17.5 Å². The van der Waals surface area contributed by atoms with E-state index in [0.717, 1.165) is 24.9 Å². The van der Waals surface area contributed by atoms with Crippen LogP contribution in [0.1, 0.15) is 24.1 Å². The molecule has 0 atom stereocenters. The van der Waals surface area contributed by atoms with E-state index in [4.69, 9.17) is 9.47 Å². The van der Waals surface area contributed by atoms with Gasteiger partial charge in [0.1, 0.15) is 0 Å². The number of anilines is 1. The summed E-state index contributed by atoms with van der Waals surface area (Å²) in [6.45, 7) is 0. The van der Waals surface area contributed by atoms with Crippen LogP contribution in [0.5, 0.6) is 11.5 Å². The number of hydrogen-bond donors (Lipinski definition) is 0. The van der Waals surface area contributed by atoms with Crippen LogP contribution in [0.2, 0.25) is 0 Å². The lowest BCUT2D eigenvalue weighted by Gasteiger charge is -2.19. The van der Waals surface area contributed by atoms with Crippen LogP contribution in [0.4, 0.5) is 5.69 Å². The molecule has 0 radical (unpaired) electrons. The van der Waals surface area contributed by atoms with Gasteiger partial charge in [0.2, 0.25) is 5.91 Å². The van der Waals surface area contributed by atoms with Crippen LogP contribution in [0.25, 0.3) is 0 Å². The molecule has 0 aliphatic rings. The van der Waals surface area contributed by atoms with E-state index >= 15 is 0 Å². The lowest BCUT2D eigenvalue weighted by atomic mass is 10.1. The maximum atomic E-state index is 12.3. The molecule has 1 aromatic heterocycles.